The first-order valence-electron chi connectivity index (χ1n) is 11.5. The SMILES string of the molecule is COC(c1ccc(F)cc1)(c1cc2c3c(c1)c(-c1cccc(Cl)c1)cc(=O)n3CC2)c1nncn1C. The molecule has 2 aromatic heterocycles. The molecule has 0 amide bonds. The number of nitrogens with zero attached hydrogens (tertiary/aromatic N) is 4. The van der Waals surface area contributed by atoms with Crippen LogP contribution in [-0.2, 0) is 30.4 Å². The zero-order valence-corrected chi connectivity index (χ0v) is 20.5. The standard InChI is InChI=1S/C28H22ClFN4O2/c1-33-16-31-32-27(33)28(36-2,19-6-8-22(30)9-7-19)20-12-18-10-11-34-25(35)15-23(24(14-20)26(18)34)17-4-3-5-21(29)13-17/h3-9,12-16H,10-11H2,1-2H3. The van der Waals surface area contributed by atoms with Crippen molar-refractivity contribution in [3.8, 4) is 11.1 Å². The highest BCUT2D eigenvalue weighted by molar-refractivity contribution is 6.30. The number of halogens is 2. The molecule has 36 heavy (non-hydrogen) atoms. The van der Waals surface area contributed by atoms with Crippen LogP contribution in [0.5, 0.6) is 0 Å². The minimum Gasteiger partial charge on any atom is -0.361 e. The molecular formula is C28H22ClFN4O2. The minimum atomic E-state index is -1.17. The molecule has 0 fully saturated rings. The predicted molar refractivity (Wildman–Crippen MR) is 137 cm³/mol. The van der Waals surface area contributed by atoms with Crippen LogP contribution >= 0.6 is 11.6 Å². The van der Waals surface area contributed by atoms with Crippen LogP contribution in [0.25, 0.3) is 22.0 Å². The number of rotatable bonds is 5. The molecule has 8 heteroatoms. The van der Waals surface area contributed by atoms with E-state index in [0.717, 1.165) is 33.2 Å². The Balaban J connectivity index is 1.72. The summed E-state index contributed by atoms with van der Waals surface area (Å²) in [6.45, 7) is 0.602. The van der Waals surface area contributed by atoms with Gasteiger partial charge < -0.3 is 13.9 Å². The molecule has 3 heterocycles. The highest BCUT2D eigenvalue weighted by atomic mass is 35.5. The van der Waals surface area contributed by atoms with Crippen LogP contribution in [-0.4, -0.2) is 26.4 Å². The molecule has 1 unspecified atom stereocenters. The Morgan fingerprint density at radius 1 is 1.06 bits per heavy atom. The lowest BCUT2D eigenvalue weighted by Gasteiger charge is -2.33. The van der Waals surface area contributed by atoms with Gasteiger partial charge in [0.2, 0.25) is 0 Å². The monoisotopic (exact) mass is 500 g/mol. The number of hydrogen-bond acceptors (Lipinski definition) is 4. The minimum absolute atomic E-state index is 0.0474. The second-order valence-electron chi connectivity index (χ2n) is 9.00. The Kier molecular flexibility index (Phi) is 5.28. The molecular weight excluding hydrogens is 479 g/mol. The van der Waals surface area contributed by atoms with Crippen LogP contribution in [0.1, 0.15) is 22.5 Å². The van der Waals surface area contributed by atoms with E-state index in [9.17, 15) is 9.18 Å². The lowest BCUT2D eigenvalue weighted by Crippen LogP contribution is -2.35. The summed E-state index contributed by atoms with van der Waals surface area (Å²) >= 11 is 6.31. The van der Waals surface area contributed by atoms with Crippen molar-refractivity contribution in [1.29, 1.82) is 0 Å². The van der Waals surface area contributed by atoms with E-state index in [0.29, 0.717) is 29.4 Å². The Bertz CT molecular complexity index is 1690. The number of hydrogen-bond donors (Lipinski definition) is 0. The Hall–Kier alpha value is -3.81. The molecule has 3 aromatic carbocycles. The summed E-state index contributed by atoms with van der Waals surface area (Å²) in [5, 5.41) is 10.0. The van der Waals surface area contributed by atoms with Gasteiger partial charge in [0.15, 0.2) is 11.4 Å². The van der Waals surface area contributed by atoms with Crippen molar-refractivity contribution in [2.45, 2.75) is 18.6 Å². The number of aryl methyl sites for hydroxylation is 3. The Morgan fingerprint density at radius 3 is 2.56 bits per heavy atom. The normalized spacial score (nSPS) is 14.3. The van der Waals surface area contributed by atoms with Gasteiger partial charge in [-0.2, -0.15) is 0 Å². The van der Waals surface area contributed by atoms with Gasteiger partial charge in [-0.15, -0.1) is 10.2 Å². The largest absolute Gasteiger partial charge is 0.361 e. The molecule has 0 radical (unpaired) electrons. The van der Waals surface area contributed by atoms with Gasteiger partial charge in [0.1, 0.15) is 12.1 Å². The number of pyridine rings is 1. The molecule has 0 N–H and O–H groups in total. The summed E-state index contributed by atoms with van der Waals surface area (Å²) in [5.41, 5.74) is 3.89. The fourth-order valence-electron chi connectivity index (χ4n) is 5.39. The van der Waals surface area contributed by atoms with E-state index in [1.165, 1.54) is 12.1 Å². The first-order chi connectivity index (χ1) is 17.4. The van der Waals surface area contributed by atoms with Gasteiger partial charge in [0.25, 0.3) is 5.56 Å². The molecule has 1 atom stereocenters. The molecule has 0 saturated heterocycles. The summed E-state index contributed by atoms with van der Waals surface area (Å²) < 4.78 is 23.8. The van der Waals surface area contributed by atoms with Crippen LogP contribution in [0.15, 0.2) is 77.9 Å². The van der Waals surface area contributed by atoms with Crippen LogP contribution < -0.4 is 5.56 Å². The van der Waals surface area contributed by atoms with E-state index in [4.69, 9.17) is 16.3 Å². The van der Waals surface area contributed by atoms with E-state index in [2.05, 4.69) is 16.3 Å². The van der Waals surface area contributed by atoms with Crippen molar-refractivity contribution in [2.24, 2.45) is 7.05 Å². The van der Waals surface area contributed by atoms with Gasteiger partial charge in [0.05, 0.1) is 5.52 Å². The predicted octanol–water partition coefficient (Wildman–Crippen LogP) is 5.08. The van der Waals surface area contributed by atoms with Crippen molar-refractivity contribution in [2.75, 3.05) is 7.11 Å². The van der Waals surface area contributed by atoms with Crippen molar-refractivity contribution in [3.63, 3.8) is 0 Å². The quantitative estimate of drug-likeness (QED) is 0.337. The second kappa shape index (κ2) is 8.40. The molecule has 5 aromatic rings. The number of methoxy groups -OCH3 is 1. The van der Waals surface area contributed by atoms with E-state index in [-0.39, 0.29) is 11.4 Å². The molecule has 0 bridgehead atoms. The van der Waals surface area contributed by atoms with Crippen LogP contribution in [0.3, 0.4) is 0 Å². The van der Waals surface area contributed by atoms with Crippen LogP contribution in [0.2, 0.25) is 5.02 Å². The van der Waals surface area contributed by atoms with Gasteiger partial charge in [-0.25, -0.2) is 4.39 Å². The molecule has 0 spiro atoms. The summed E-state index contributed by atoms with van der Waals surface area (Å²) in [7, 11) is 3.46. The first-order valence-corrected chi connectivity index (χ1v) is 11.9. The molecule has 1 aliphatic rings. The highest BCUT2D eigenvalue weighted by Gasteiger charge is 2.42. The maximum atomic E-state index is 13.9. The van der Waals surface area contributed by atoms with Crippen LogP contribution in [0, 0.1) is 5.82 Å². The molecule has 180 valence electrons. The average molecular weight is 501 g/mol. The number of ether oxygens (including phenoxy) is 1. The second-order valence-corrected chi connectivity index (χ2v) is 9.43. The van der Waals surface area contributed by atoms with Gasteiger partial charge in [-0.3, -0.25) is 4.79 Å². The fraction of sp³-hybridized carbons (Fsp3) is 0.179. The van der Waals surface area contributed by atoms with Gasteiger partial charge >= 0.3 is 0 Å². The van der Waals surface area contributed by atoms with Gasteiger partial charge in [-0.05, 0) is 70.6 Å². The lowest BCUT2D eigenvalue weighted by atomic mass is 9.82. The fourth-order valence-corrected chi connectivity index (χ4v) is 5.58. The number of benzene rings is 3. The van der Waals surface area contributed by atoms with E-state index >= 15 is 0 Å². The van der Waals surface area contributed by atoms with Crippen molar-refractivity contribution >= 4 is 22.5 Å². The van der Waals surface area contributed by atoms with Crippen molar-refractivity contribution < 1.29 is 9.13 Å². The Labute approximate surface area is 211 Å². The third kappa shape index (κ3) is 3.31. The maximum absolute atomic E-state index is 13.9. The first kappa shape index (κ1) is 22.6. The molecule has 0 aliphatic carbocycles. The lowest BCUT2D eigenvalue weighted by molar-refractivity contribution is 0.0481. The van der Waals surface area contributed by atoms with Crippen molar-refractivity contribution in [1.82, 2.24) is 19.3 Å². The summed E-state index contributed by atoms with van der Waals surface area (Å²) in [5.74, 6) is 0.213. The summed E-state index contributed by atoms with van der Waals surface area (Å²) in [6.07, 6.45) is 2.32. The average Bonchev–Trinajstić information content (AvgIpc) is 3.51. The van der Waals surface area contributed by atoms with E-state index < -0.39 is 5.60 Å². The Morgan fingerprint density at radius 2 is 1.86 bits per heavy atom. The van der Waals surface area contributed by atoms with E-state index in [1.54, 1.807) is 36.2 Å². The number of aromatic nitrogens is 4. The molecule has 1 aliphatic heterocycles. The summed E-state index contributed by atoms with van der Waals surface area (Å²) in [6, 6.07) is 19.5. The molecule has 6 rings (SSSR count). The molecule has 6 nitrogen and oxygen atoms in total. The topological polar surface area (TPSA) is 61.9 Å². The highest BCUT2D eigenvalue weighted by Crippen LogP contribution is 2.43. The van der Waals surface area contributed by atoms with E-state index in [1.807, 2.05) is 41.9 Å². The van der Waals surface area contributed by atoms with Gasteiger partial charge in [-0.1, -0.05) is 35.9 Å². The van der Waals surface area contributed by atoms with Crippen molar-refractivity contribution in [3.05, 3.63) is 117 Å². The molecule has 0 saturated carbocycles. The third-order valence-corrected chi connectivity index (χ3v) is 7.25. The smallest absolute Gasteiger partial charge is 0.251 e. The zero-order valence-electron chi connectivity index (χ0n) is 19.7. The summed E-state index contributed by atoms with van der Waals surface area (Å²) in [4.78, 5) is 13.0. The third-order valence-electron chi connectivity index (χ3n) is 7.01. The maximum Gasteiger partial charge on any atom is 0.251 e. The van der Waals surface area contributed by atoms with Gasteiger partial charge in [0, 0.05) is 37.2 Å². The van der Waals surface area contributed by atoms with Crippen LogP contribution in [0.4, 0.5) is 4.39 Å². The zero-order chi connectivity index (χ0) is 25.0.